The minimum Gasteiger partial charge on any atom is -0.497 e. The molecule has 1 saturated carbocycles. The van der Waals surface area contributed by atoms with E-state index in [0.29, 0.717) is 37.7 Å². The van der Waals surface area contributed by atoms with Gasteiger partial charge in [-0.15, -0.1) is 0 Å². The van der Waals surface area contributed by atoms with E-state index in [-0.39, 0.29) is 23.8 Å². The molecule has 1 spiro atoms. The van der Waals surface area contributed by atoms with Gasteiger partial charge in [-0.3, -0.25) is 19.3 Å². The first-order chi connectivity index (χ1) is 19.0. The number of anilines is 1. The Morgan fingerprint density at radius 3 is 2.51 bits per heavy atom. The molecule has 10 heteroatoms. The number of nitrogens with one attached hydrogen (secondary N) is 2. The molecule has 2 N–H and O–H groups in total. The lowest BCUT2D eigenvalue weighted by Crippen LogP contribution is -2.57. The van der Waals surface area contributed by atoms with Crippen molar-refractivity contribution < 1.29 is 28.6 Å². The Bertz CT molecular complexity index is 1110. The summed E-state index contributed by atoms with van der Waals surface area (Å²) >= 11 is 0. The van der Waals surface area contributed by atoms with Gasteiger partial charge in [-0.1, -0.05) is 31.4 Å². The van der Waals surface area contributed by atoms with Crippen molar-refractivity contribution in [3.8, 4) is 5.75 Å². The summed E-state index contributed by atoms with van der Waals surface area (Å²) in [6.45, 7) is 3.94. The zero-order chi connectivity index (χ0) is 27.0. The van der Waals surface area contributed by atoms with Gasteiger partial charge in [-0.05, 0) is 37.1 Å². The van der Waals surface area contributed by atoms with Crippen molar-refractivity contribution >= 4 is 23.4 Å². The number of ether oxygens (including phenoxy) is 3. The number of methoxy groups -OCH3 is 1. The summed E-state index contributed by atoms with van der Waals surface area (Å²) in [7, 11) is 1.59. The first-order valence-corrected chi connectivity index (χ1v) is 14.2. The van der Waals surface area contributed by atoms with Crippen LogP contribution in [-0.2, 0) is 23.9 Å². The van der Waals surface area contributed by atoms with Gasteiger partial charge in [-0.25, -0.2) is 0 Å². The predicted octanol–water partition coefficient (Wildman–Crippen LogP) is 1.57. The number of carbonyl (C=O) groups excluding carboxylic acids is 3. The van der Waals surface area contributed by atoms with E-state index in [1.165, 1.54) is 6.42 Å². The smallest absolute Gasteiger partial charge is 0.246 e. The van der Waals surface area contributed by atoms with Crippen molar-refractivity contribution in [2.24, 2.45) is 11.8 Å². The highest BCUT2D eigenvalue weighted by Gasteiger charge is 2.72. The van der Waals surface area contributed by atoms with Crippen molar-refractivity contribution in [3.05, 3.63) is 36.4 Å². The molecule has 1 aromatic rings. The third-order valence-electron chi connectivity index (χ3n) is 8.99. The highest BCUT2D eigenvalue weighted by atomic mass is 16.5. The number of nitrogens with zero attached hydrogens (tertiary/aromatic N) is 2. The van der Waals surface area contributed by atoms with E-state index >= 15 is 0 Å². The molecule has 0 aromatic heterocycles. The first-order valence-electron chi connectivity index (χ1n) is 14.2. The van der Waals surface area contributed by atoms with Gasteiger partial charge >= 0.3 is 0 Å². The van der Waals surface area contributed by atoms with E-state index in [1.54, 1.807) is 36.3 Å². The number of hydrogen-bond acceptors (Lipinski definition) is 7. The molecule has 39 heavy (non-hydrogen) atoms. The lowest BCUT2D eigenvalue weighted by Gasteiger charge is -2.35. The molecule has 6 rings (SSSR count). The standard InChI is InChI=1S/C29H38N4O6/c1-37-21-9-7-20(8-10-21)30-26(34)23-22-11-12-29(39-22)24(23)28(36)33(14-13-32-15-17-38-18-16-32)25(29)27(35)31-19-5-3-2-4-6-19/h7-12,19,22-25H,2-6,13-18H2,1H3,(H,30,34)(H,31,35)/t22-,23+,24-,25+,29-/m0/s1. The fourth-order valence-electron chi connectivity index (χ4n) is 7.01. The zero-order valence-corrected chi connectivity index (χ0v) is 22.5. The van der Waals surface area contributed by atoms with Crippen LogP contribution >= 0.6 is 0 Å². The second-order valence-corrected chi connectivity index (χ2v) is 11.2. The van der Waals surface area contributed by atoms with Crippen molar-refractivity contribution in [2.45, 2.75) is 55.9 Å². The lowest BCUT2D eigenvalue weighted by molar-refractivity contribution is -0.141. The third kappa shape index (κ3) is 4.83. The molecule has 3 amide bonds. The molecule has 0 unspecified atom stereocenters. The van der Waals surface area contributed by atoms with Crippen LogP contribution in [0.5, 0.6) is 5.75 Å². The molecule has 4 fully saturated rings. The normalized spacial score (nSPS) is 32.3. The molecule has 0 radical (unpaired) electrons. The third-order valence-corrected chi connectivity index (χ3v) is 8.99. The molecule has 3 saturated heterocycles. The van der Waals surface area contributed by atoms with Gasteiger partial charge < -0.3 is 29.7 Å². The second-order valence-electron chi connectivity index (χ2n) is 11.2. The average Bonchev–Trinajstić information content (AvgIpc) is 3.60. The Morgan fingerprint density at radius 1 is 1.05 bits per heavy atom. The molecular weight excluding hydrogens is 500 g/mol. The highest BCUT2D eigenvalue weighted by Crippen LogP contribution is 2.55. The van der Waals surface area contributed by atoms with Gasteiger partial charge in [0.25, 0.3) is 0 Å². The van der Waals surface area contributed by atoms with Gasteiger partial charge in [0.1, 0.15) is 17.4 Å². The van der Waals surface area contributed by atoms with E-state index < -0.39 is 29.6 Å². The van der Waals surface area contributed by atoms with Crippen molar-refractivity contribution in [2.75, 3.05) is 51.8 Å². The topological polar surface area (TPSA) is 109 Å². The van der Waals surface area contributed by atoms with Crippen LogP contribution < -0.4 is 15.4 Å². The molecular formula is C29H38N4O6. The van der Waals surface area contributed by atoms with Crippen molar-refractivity contribution in [1.82, 2.24) is 15.1 Å². The summed E-state index contributed by atoms with van der Waals surface area (Å²) in [6, 6.07) is 6.37. The largest absolute Gasteiger partial charge is 0.497 e. The van der Waals surface area contributed by atoms with Gasteiger partial charge in [-0.2, -0.15) is 0 Å². The van der Waals surface area contributed by atoms with Crippen molar-refractivity contribution in [3.63, 3.8) is 0 Å². The van der Waals surface area contributed by atoms with Crippen LogP contribution in [-0.4, -0.2) is 97.8 Å². The van der Waals surface area contributed by atoms with E-state index in [1.807, 2.05) is 12.2 Å². The quantitative estimate of drug-likeness (QED) is 0.484. The van der Waals surface area contributed by atoms with Gasteiger partial charge in [0.15, 0.2) is 0 Å². The fourth-order valence-corrected chi connectivity index (χ4v) is 7.01. The highest BCUT2D eigenvalue weighted by molar-refractivity contribution is 6.02. The Labute approximate surface area is 229 Å². The molecule has 5 atom stereocenters. The van der Waals surface area contributed by atoms with E-state index in [2.05, 4.69) is 15.5 Å². The van der Waals surface area contributed by atoms with Crippen LogP contribution in [0.15, 0.2) is 36.4 Å². The number of hydrogen-bond donors (Lipinski definition) is 2. The number of carbonyl (C=O) groups is 3. The minimum absolute atomic E-state index is 0.106. The number of fused-ring (bicyclic) bond motifs is 1. The Kier molecular flexibility index (Phi) is 7.35. The van der Waals surface area contributed by atoms with Gasteiger partial charge in [0, 0.05) is 37.9 Å². The predicted molar refractivity (Wildman–Crippen MR) is 143 cm³/mol. The average molecular weight is 539 g/mol. The number of likely N-dealkylation sites (tertiary alicyclic amines) is 1. The van der Waals surface area contributed by atoms with Gasteiger partial charge in [0.2, 0.25) is 17.7 Å². The molecule has 4 aliphatic heterocycles. The lowest BCUT2D eigenvalue weighted by atomic mass is 9.74. The molecule has 10 nitrogen and oxygen atoms in total. The summed E-state index contributed by atoms with van der Waals surface area (Å²) in [5, 5.41) is 6.20. The minimum atomic E-state index is -1.15. The maximum Gasteiger partial charge on any atom is 0.246 e. The van der Waals surface area contributed by atoms with E-state index in [0.717, 1.165) is 38.8 Å². The molecule has 1 aliphatic carbocycles. The Balaban J connectivity index is 1.25. The Hall–Kier alpha value is -2.95. The molecule has 2 bridgehead atoms. The molecule has 210 valence electrons. The maximum absolute atomic E-state index is 14.1. The van der Waals surface area contributed by atoms with Crippen LogP contribution in [0.2, 0.25) is 0 Å². The summed E-state index contributed by atoms with van der Waals surface area (Å²) in [5.74, 6) is -1.43. The Morgan fingerprint density at radius 2 is 1.79 bits per heavy atom. The number of benzene rings is 1. The van der Waals surface area contributed by atoms with Crippen LogP contribution in [0.4, 0.5) is 5.69 Å². The number of morpholine rings is 1. The fraction of sp³-hybridized carbons (Fsp3) is 0.621. The number of amides is 3. The number of rotatable bonds is 8. The van der Waals surface area contributed by atoms with Gasteiger partial charge in [0.05, 0.1) is 38.3 Å². The monoisotopic (exact) mass is 538 g/mol. The van der Waals surface area contributed by atoms with Crippen molar-refractivity contribution in [1.29, 1.82) is 0 Å². The summed E-state index contributed by atoms with van der Waals surface area (Å²) in [6.07, 6.45) is 8.44. The van der Waals surface area contributed by atoms with E-state index in [9.17, 15) is 14.4 Å². The zero-order valence-electron chi connectivity index (χ0n) is 22.5. The maximum atomic E-state index is 14.1. The SMILES string of the molecule is COc1ccc(NC(=O)[C@@H]2[C@@H]3C=C[C@]4(O3)[C@@H]2C(=O)N(CCN2CCOCC2)[C@@H]4C(=O)NC2CCCCC2)cc1. The van der Waals surface area contributed by atoms with E-state index in [4.69, 9.17) is 14.2 Å². The summed E-state index contributed by atoms with van der Waals surface area (Å²) in [5.41, 5.74) is -0.532. The molecule has 5 aliphatic rings. The summed E-state index contributed by atoms with van der Waals surface area (Å²) in [4.78, 5) is 45.5. The van der Waals surface area contributed by atoms with Crippen LogP contribution in [0.25, 0.3) is 0 Å². The van der Waals surface area contributed by atoms with Crippen LogP contribution in [0, 0.1) is 11.8 Å². The summed E-state index contributed by atoms with van der Waals surface area (Å²) < 4.78 is 17.1. The first kappa shape index (κ1) is 26.3. The molecule has 4 heterocycles. The second kappa shape index (κ2) is 10.9. The van der Waals surface area contributed by atoms with Crippen LogP contribution in [0.1, 0.15) is 32.1 Å². The molecule has 1 aromatic carbocycles. The van der Waals surface area contributed by atoms with Crippen LogP contribution in [0.3, 0.4) is 0 Å².